The number of hydrogen-bond donors (Lipinski definition) is 0. The van der Waals surface area contributed by atoms with Crippen LogP contribution < -0.4 is 4.90 Å². The van der Waals surface area contributed by atoms with Crippen LogP contribution in [0.5, 0.6) is 0 Å². The molecule has 0 saturated carbocycles. The van der Waals surface area contributed by atoms with E-state index in [9.17, 15) is 26.3 Å². The van der Waals surface area contributed by atoms with Gasteiger partial charge in [0.25, 0.3) is 0 Å². The molecule has 26 heavy (non-hydrogen) atoms. The molecule has 2 rings (SSSR count). The Labute approximate surface area is 142 Å². The molecule has 0 fully saturated rings. The highest BCUT2D eigenvalue weighted by Crippen LogP contribution is 2.35. The molecule has 0 saturated heterocycles. The van der Waals surface area contributed by atoms with Crippen LogP contribution >= 0.6 is 0 Å². The summed E-state index contributed by atoms with van der Waals surface area (Å²) in [4.78, 5) is 4.21. The number of halogens is 6. The molecule has 0 aliphatic heterocycles. The Morgan fingerprint density at radius 1 is 1.08 bits per heavy atom. The van der Waals surface area contributed by atoms with Gasteiger partial charge in [0, 0.05) is 5.69 Å². The van der Waals surface area contributed by atoms with E-state index in [2.05, 4.69) is 4.98 Å². The summed E-state index contributed by atoms with van der Waals surface area (Å²) in [6.45, 7) is -2.11. The zero-order valence-corrected chi connectivity index (χ0v) is 12.7. The first kappa shape index (κ1) is 19.1. The van der Waals surface area contributed by atoms with Crippen molar-refractivity contribution in [3.05, 3.63) is 47.2 Å². The van der Waals surface area contributed by atoms with Crippen molar-refractivity contribution in [2.75, 3.05) is 11.4 Å². The molecular formula is C15H8F6N4O. The van der Waals surface area contributed by atoms with E-state index in [0.717, 1.165) is 18.4 Å². The fourth-order valence-corrected chi connectivity index (χ4v) is 2.14. The third kappa shape index (κ3) is 4.66. The maximum atomic E-state index is 13.0. The summed E-state index contributed by atoms with van der Waals surface area (Å²) >= 11 is 0. The number of oxazole rings is 1. The van der Waals surface area contributed by atoms with Gasteiger partial charge in [0.15, 0.2) is 6.07 Å². The molecule has 11 heteroatoms. The van der Waals surface area contributed by atoms with Crippen molar-refractivity contribution in [3.63, 3.8) is 0 Å². The molecule has 0 atom stereocenters. The van der Waals surface area contributed by atoms with Crippen LogP contribution in [0.1, 0.15) is 22.7 Å². The van der Waals surface area contributed by atoms with Gasteiger partial charge < -0.3 is 9.32 Å². The molecule has 5 nitrogen and oxygen atoms in total. The number of alkyl halides is 6. The van der Waals surface area contributed by atoms with Gasteiger partial charge in [-0.05, 0) is 18.2 Å². The van der Waals surface area contributed by atoms with E-state index < -0.39 is 42.3 Å². The zero-order chi connectivity index (χ0) is 19.5. The van der Waals surface area contributed by atoms with E-state index in [1.807, 2.05) is 0 Å². The first-order valence-electron chi connectivity index (χ1n) is 6.81. The SMILES string of the molecule is N#Cc1nc(CN(CC(F)(F)F)c2ccc(C#N)c(C(F)(F)F)c2)co1. The van der Waals surface area contributed by atoms with Gasteiger partial charge in [-0.25, -0.2) is 4.98 Å². The van der Waals surface area contributed by atoms with Gasteiger partial charge in [-0.3, -0.25) is 0 Å². The second kappa shape index (κ2) is 6.96. The number of rotatable bonds is 4. The predicted molar refractivity (Wildman–Crippen MR) is 74.5 cm³/mol. The molecule has 0 aliphatic rings. The minimum absolute atomic E-state index is 0.0660. The zero-order valence-electron chi connectivity index (χ0n) is 12.7. The number of aromatic nitrogens is 1. The highest BCUT2D eigenvalue weighted by atomic mass is 19.4. The number of anilines is 1. The van der Waals surface area contributed by atoms with E-state index in [-0.39, 0.29) is 11.6 Å². The standard InChI is InChI=1S/C15H8F6N4O/c16-14(17,18)8-25(6-10-7-26-13(5-23)24-10)11-2-1-9(4-22)12(3-11)15(19,20)21/h1-3,7H,6,8H2. The first-order valence-corrected chi connectivity index (χ1v) is 6.81. The number of benzene rings is 1. The summed E-state index contributed by atoms with van der Waals surface area (Å²) in [5.74, 6) is -0.386. The van der Waals surface area contributed by atoms with Crippen molar-refractivity contribution in [2.24, 2.45) is 0 Å². The maximum Gasteiger partial charge on any atom is 0.417 e. The minimum Gasteiger partial charge on any atom is -0.437 e. The lowest BCUT2D eigenvalue weighted by Crippen LogP contribution is -2.34. The Bertz CT molecular complexity index is 872. The van der Waals surface area contributed by atoms with Crippen molar-refractivity contribution in [2.45, 2.75) is 18.9 Å². The first-order chi connectivity index (χ1) is 12.0. The lowest BCUT2D eigenvalue weighted by molar-refractivity contribution is -0.137. The molecule has 0 unspecified atom stereocenters. The molecule has 1 aromatic carbocycles. The molecule has 0 bridgehead atoms. The van der Waals surface area contributed by atoms with Crippen molar-refractivity contribution in [1.29, 1.82) is 10.5 Å². The van der Waals surface area contributed by atoms with Crippen molar-refractivity contribution >= 4 is 5.69 Å². The van der Waals surface area contributed by atoms with Crippen LogP contribution in [0.3, 0.4) is 0 Å². The average molecular weight is 374 g/mol. The molecule has 0 aliphatic carbocycles. The van der Waals surface area contributed by atoms with Crippen LogP contribution in [0, 0.1) is 22.7 Å². The van der Waals surface area contributed by atoms with Gasteiger partial charge in [0.05, 0.1) is 29.4 Å². The molecule has 2 aromatic rings. The van der Waals surface area contributed by atoms with Gasteiger partial charge in [0.1, 0.15) is 12.8 Å². The van der Waals surface area contributed by atoms with Crippen molar-refractivity contribution in [3.8, 4) is 12.1 Å². The third-order valence-electron chi connectivity index (χ3n) is 3.16. The Hall–Kier alpha value is -3.21. The average Bonchev–Trinajstić information content (AvgIpc) is 2.99. The fraction of sp³-hybridized carbons (Fsp3) is 0.267. The highest BCUT2D eigenvalue weighted by molar-refractivity contribution is 5.55. The van der Waals surface area contributed by atoms with Crippen LogP contribution in [0.25, 0.3) is 0 Å². The fourth-order valence-electron chi connectivity index (χ4n) is 2.14. The second-order valence-electron chi connectivity index (χ2n) is 5.07. The van der Waals surface area contributed by atoms with Crippen LogP contribution in [0.15, 0.2) is 28.9 Å². The smallest absolute Gasteiger partial charge is 0.417 e. The van der Waals surface area contributed by atoms with Crippen LogP contribution in [0.4, 0.5) is 32.0 Å². The van der Waals surface area contributed by atoms with E-state index in [4.69, 9.17) is 14.9 Å². The lowest BCUT2D eigenvalue weighted by Gasteiger charge is -2.26. The highest BCUT2D eigenvalue weighted by Gasteiger charge is 2.36. The third-order valence-corrected chi connectivity index (χ3v) is 3.16. The quantitative estimate of drug-likeness (QED) is 0.756. The lowest BCUT2D eigenvalue weighted by atomic mass is 10.1. The number of nitrogens with zero attached hydrogens (tertiary/aromatic N) is 4. The predicted octanol–water partition coefficient (Wildman–Crippen LogP) is 4.01. The molecule has 0 amide bonds. The monoisotopic (exact) mass is 374 g/mol. The molecule has 1 heterocycles. The number of nitriles is 2. The molecule has 0 N–H and O–H groups in total. The largest absolute Gasteiger partial charge is 0.437 e. The summed E-state index contributed by atoms with van der Waals surface area (Å²) < 4.78 is 82.3. The topological polar surface area (TPSA) is 76.8 Å². The van der Waals surface area contributed by atoms with E-state index in [0.29, 0.717) is 11.0 Å². The van der Waals surface area contributed by atoms with Crippen LogP contribution in [-0.2, 0) is 12.7 Å². The van der Waals surface area contributed by atoms with Gasteiger partial charge in [-0.2, -0.15) is 36.9 Å². The Morgan fingerprint density at radius 2 is 1.77 bits per heavy atom. The Kier molecular flexibility index (Phi) is 5.12. The van der Waals surface area contributed by atoms with Crippen LogP contribution in [-0.4, -0.2) is 17.7 Å². The molecule has 0 spiro atoms. The Morgan fingerprint density at radius 3 is 2.27 bits per heavy atom. The maximum absolute atomic E-state index is 13.0. The van der Waals surface area contributed by atoms with Gasteiger partial charge in [0.2, 0.25) is 0 Å². The van der Waals surface area contributed by atoms with Gasteiger partial charge in [-0.15, -0.1) is 0 Å². The second-order valence-corrected chi connectivity index (χ2v) is 5.07. The molecule has 0 radical (unpaired) electrons. The normalized spacial score (nSPS) is 11.7. The Balaban J connectivity index is 2.45. The van der Waals surface area contributed by atoms with E-state index in [1.165, 1.54) is 6.07 Å². The van der Waals surface area contributed by atoms with Gasteiger partial charge >= 0.3 is 18.2 Å². The summed E-state index contributed by atoms with van der Waals surface area (Å²) in [5, 5.41) is 17.4. The summed E-state index contributed by atoms with van der Waals surface area (Å²) in [6, 6.07) is 5.14. The molecule has 1 aromatic heterocycles. The molecule has 136 valence electrons. The summed E-state index contributed by atoms with van der Waals surface area (Å²) in [7, 11) is 0. The van der Waals surface area contributed by atoms with Crippen molar-refractivity contribution in [1.82, 2.24) is 4.98 Å². The summed E-state index contributed by atoms with van der Waals surface area (Å²) in [6.07, 6.45) is -8.68. The summed E-state index contributed by atoms with van der Waals surface area (Å²) in [5.41, 5.74) is -2.53. The van der Waals surface area contributed by atoms with Gasteiger partial charge in [-0.1, -0.05) is 0 Å². The molecular weight excluding hydrogens is 366 g/mol. The van der Waals surface area contributed by atoms with E-state index >= 15 is 0 Å². The van der Waals surface area contributed by atoms with Crippen molar-refractivity contribution < 1.29 is 30.8 Å². The minimum atomic E-state index is -4.91. The number of hydrogen-bond acceptors (Lipinski definition) is 5. The van der Waals surface area contributed by atoms with Crippen LogP contribution in [0.2, 0.25) is 0 Å². The van der Waals surface area contributed by atoms with E-state index in [1.54, 1.807) is 6.07 Å².